The molecule has 0 radical (unpaired) electrons. The van der Waals surface area contributed by atoms with Crippen LogP contribution in [0.15, 0.2) is 47.4 Å². The van der Waals surface area contributed by atoms with E-state index in [9.17, 15) is 17.8 Å². The second kappa shape index (κ2) is 6.17. The Morgan fingerprint density at radius 1 is 1.18 bits per heavy atom. The standard InChI is InChI=1S/C15H15NO5S/c1-10-8-13(21-2)12(9-14(10)22(18,19)20)16-15(17)11-6-4-3-5-7-11/h3-9H,1-2H3,(H,16,17)(H,18,19,20). The Morgan fingerprint density at radius 2 is 1.82 bits per heavy atom. The van der Waals surface area contributed by atoms with Crippen LogP contribution in [0, 0.1) is 6.92 Å². The molecule has 0 heterocycles. The summed E-state index contributed by atoms with van der Waals surface area (Å²) in [7, 11) is -2.99. The molecule has 1 amide bonds. The first kappa shape index (κ1) is 16.0. The fraction of sp³-hybridized carbons (Fsp3) is 0.133. The van der Waals surface area contributed by atoms with E-state index in [-0.39, 0.29) is 10.6 Å². The molecule has 116 valence electrons. The number of amides is 1. The van der Waals surface area contributed by atoms with Gasteiger partial charge in [0.05, 0.1) is 17.7 Å². The summed E-state index contributed by atoms with van der Waals surface area (Å²) < 4.78 is 37.1. The van der Waals surface area contributed by atoms with Crippen molar-refractivity contribution in [1.29, 1.82) is 0 Å². The summed E-state index contributed by atoms with van der Waals surface area (Å²) in [6.45, 7) is 1.52. The Balaban J connectivity index is 2.44. The van der Waals surface area contributed by atoms with Gasteiger partial charge in [-0.3, -0.25) is 9.35 Å². The number of methoxy groups -OCH3 is 1. The van der Waals surface area contributed by atoms with E-state index in [4.69, 9.17) is 4.74 Å². The molecule has 0 aliphatic carbocycles. The van der Waals surface area contributed by atoms with Gasteiger partial charge in [-0.15, -0.1) is 0 Å². The van der Waals surface area contributed by atoms with Crippen LogP contribution < -0.4 is 10.1 Å². The minimum absolute atomic E-state index is 0.162. The normalized spacial score (nSPS) is 11.0. The lowest BCUT2D eigenvalue weighted by atomic mass is 10.1. The minimum Gasteiger partial charge on any atom is -0.495 e. The van der Waals surface area contributed by atoms with Crippen molar-refractivity contribution < 1.29 is 22.5 Å². The van der Waals surface area contributed by atoms with Crippen molar-refractivity contribution in [2.24, 2.45) is 0 Å². The number of carbonyl (C=O) groups is 1. The van der Waals surface area contributed by atoms with Gasteiger partial charge in [-0.2, -0.15) is 8.42 Å². The molecule has 0 spiro atoms. The molecule has 22 heavy (non-hydrogen) atoms. The Hall–Kier alpha value is -2.38. The molecule has 0 fully saturated rings. The Morgan fingerprint density at radius 3 is 2.36 bits per heavy atom. The highest BCUT2D eigenvalue weighted by Gasteiger charge is 2.18. The van der Waals surface area contributed by atoms with Gasteiger partial charge >= 0.3 is 0 Å². The van der Waals surface area contributed by atoms with E-state index < -0.39 is 16.0 Å². The minimum atomic E-state index is -4.39. The smallest absolute Gasteiger partial charge is 0.294 e. The molecule has 0 aliphatic heterocycles. The van der Waals surface area contributed by atoms with Crippen molar-refractivity contribution in [3.05, 3.63) is 53.6 Å². The number of aryl methyl sites for hydroxylation is 1. The molecule has 7 heteroatoms. The number of benzene rings is 2. The van der Waals surface area contributed by atoms with Crippen LogP contribution in [0.5, 0.6) is 5.75 Å². The molecule has 0 aromatic heterocycles. The fourth-order valence-electron chi connectivity index (χ4n) is 1.99. The van der Waals surface area contributed by atoms with Crippen LogP contribution in [0.25, 0.3) is 0 Å². The van der Waals surface area contributed by atoms with Crippen molar-refractivity contribution in [3.63, 3.8) is 0 Å². The highest BCUT2D eigenvalue weighted by Crippen LogP contribution is 2.30. The summed E-state index contributed by atoms with van der Waals surface area (Å²) in [6, 6.07) is 11.1. The molecular weight excluding hydrogens is 306 g/mol. The van der Waals surface area contributed by atoms with Crippen LogP contribution in [-0.4, -0.2) is 26.0 Å². The van der Waals surface area contributed by atoms with Gasteiger partial charge in [0.25, 0.3) is 16.0 Å². The summed E-state index contributed by atoms with van der Waals surface area (Å²) in [5.41, 5.74) is 0.894. The molecular formula is C15H15NO5S. The molecule has 0 saturated heterocycles. The second-order valence-corrected chi connectivity index (χ2v) is 6.00. The number of hydrogen-bond donors (Lipinski definition) is 2. The zero-order chi connectivity index (χ0) is 16.3. The van der Waals surface area contributed by atoms with Gasteiger partial charge in [0.1, 0.15) is 5.75 Å². The zero-order valence-electron chi connectivity index (χ0n) is 12.0. The molecule has 0 saturated carbocycles. The van der Waals surface area contributed by atoms with E-state index in [1.165, 1.54) is 26.2 Å². The third-order valence-electron chi connectivity index (χ3n) is 3.06. The van der Waals surface area contributed by atoms with Crippen LogP contribution >= 0.6 is 0 Å². The third kappa shape index (κ3) is 3.44. The number of ether oxygens (including phenoxy) is 1. The molecule has 2 N–H and O–H groups in total. The summed E-state index contributed by atoms with van der Waals surface area (Å²) in [4.78, 5) is 11.9. The van der Waals surface area contributed by atoms with Gasteiger partial charge in [-0.05, 0) is 36.8 Å². The Bertz CT molecular complexity index is 800. The molecule has 2 aromatic rings. The highest BCUT2D eigenvalue weighted by molar-refractivity contribution is 7.85. The Kier molecular flexibility index (Phi) is 4.48. The van der Waals surface area contributed by atoms with Crippen LogP contribution in [0.4, 0.5) is 5.69 Å². The largest absolute Gasteiger partial charge is 0.495 e. The number of nitrogens with one attached hydrogen (secondary N) is 1. The van der Waals surface area contributed by atoms with Crippen molar-refractivity contribution in [1.82, 2.24) is 0 Å². The monoisotopic (exact) mass is 321 g/mol. The summed E-state index contributed by atoms with van der Waals surface area (Å²) in [5, 5.41) is 2.58. The first-order valence-corrected chi connectivity index (χ1v) is 7.79. The maximum Gasteiger partial charge on any atom is 0.294 e. The van der Waals surface area contributed by atoms with Crippen molar-refractivity contribution in [3.8, 4) is 5.75 Å². The highest BCUT2D eigenvalue weighted by atomic mass is 32.2. The van der Waals surface area contributed by atoms with Gasteiger partial charge in [-0.1, -0.05) is 18.2 Å². The molecule has 0 bridgehead atoms. The van der Waals surface area contributed by atoms with Gasteiger partial charge in [-0.25, -0.2) is 0 Å². The number of hydrogen-bond acceptors (Lipinski definition) is 4. The van der Waals surface area contributed by atoms with Crippen molar-refractivity contribution >= 4 is 21.7 Å². The second-order valence-electron chi connectivity index (χ2n) is 4.61. The SMILES string of the molecule is COc1cc(C)c(S(=O)(=O)O)cc1NC(=O)c1ccccc1. The fourth-order valence-corrected chi connectivity index (χ4v) is 2.72. The van der Waals surface area contributed by atoms with Crippen LogP contribution in [-0.2, 0) is 10.1 Å². The van der Waals surface area contributed by atoms with Gasteiger partial charge < -0.3 is 10.1 Å². The summed E-state index contributed by atoms with van der Waals surface area (Å²) in [5.74, 6) is -0.113. The Labute approximate surface area is 128 Å². The van der Waals surface area contributed by atoms with Crippen LogP contribution in [0.3, 0.4) is 0 Å². The van der Waals surface area contributed by atoms with Gasteiger partial charge in [0.2, 0.25) is 0 Å². The molecule has 0 aliphatic rings. The lowest BCUT2D eigenvalue weighted by Crippen LogP contribution is -2.13. The van der Waals surface area contributed by atoms with Gasteiger partial charge in [0, 0.05) is 5.56 Å². The zero-order valence-corrected chi connectivity index (χ0v) is 12.8. The molecule has 2 aromatic carbocycles. The predicted molar refractivity (Wildman–Crippen MR) is 81.9 cm³/mol. The topological polar surface area (TPSA) is 92.7 Å². The summed E-state index contributed by atoms with van der Waals surface area (Å²) >= 11 is 0. The van der Waals surface area contributed by atoms with Crippen LogP contribution in [0.2, 0.25) is 0 Å². The van der Waals surface area contributed by atoms with Crippen LogP contribution in [0.1, 0.15) is 15.9 Å². The third-order valence-corrected chi connectivity index (χ3v) is 4.05. The average Bonchev–Trinajstić information content (AvgIpc) is 2.48. The maximum absolute atomic E-state index is 12.1. The molecule has 0 atom stereocenters. The van der Waals surface area contributed by atoms with Crippen molar-refractivity contribution in [2.45, 2.75) is 11.8 Å². The molecule has 2 rings (SSSR count). The molecule has 6 nitrogen and oxygen atoms in total. The number of carbonyl (C=O) groups excluding carboxylic acids is 1. The maximum atomic E-state index is 12.1. The summed E-state index contributed by atoms with van der Waals surface area (Å²) in [6.07, 6.45) is 0. The molecule has 0 unspecified atom stereocenters. The van der Waals surface area contributed by atoms with E-state index in [2.05, 4.69) is 5.32 Å². The first-order valence-electron chi connectivity index (χ1n) is 6.35. The van der Waals surface area contributed by atoms with E-state index in [0.717, 1.165) is 0 Å². The number of rotatable bonds is 4. The first-order chi connectivity index (χ1) is 10.3. The van der Waals surface area contributed by atoms with Crippen molar-refractivity contribution in [2.75, 3.05) is 12.4 Å². The quantitative estimate of drug-likeness (QED) is 0.844. The van der Waals surface area contributed by atoms with E-state index >= 15 is 0 Å². The van der Waals surface area contributed by atoms with E-state index in [1.807, 2.05) is 0 Å². The van der Waals surface area contributed by atoms with Gasteiger partial charge in [0.15, 0.2) is 0 Å². The lowest BCUT2D eigenvalue weighted by Gasteiger charge is -2.13. The van der Waals surface area contributed by atoms with E-state index in [1.54, 1.807) is 30.3 Å². The lowest BCUT2D eigenvalue weighted by molar-refractivity contribution is 0.102. The van der Waals surface area contributed by atoms with E-state index in [0.29, 0.717) is 16.9 Å². The predicted octanol–water partition coefficient (Wildman–Crippen LogP) is 2.50. The number of anilines is 1. The average molecular weight is 321 g/mol.